The molecule has 0 saturated heterocycles. The van der Waals surface area contributed by atoms with Crippen molar-refractivity contribution in [1.29, 1.82) is 0 Å². The first kappa shape index (κ1) is 15.1. The van der Waals surface area contributed by atoms with Crippen LogP contribution in [0.1, 0.15) is 17.2 Å². The molecule has 112 valence electrons. The van der Waals surface area contributed by atoms with Crippen molar-refractivity contribution in [1.82, 2.24) is 14.7 Å². The number of hydrogen-bond acceptors (Lipinski definition) is 4. The van der Waals surface area contributed by atoms with E-state index < -0.39 is 12.0 Å². The summed E-state index contributed by atoms with van der Waals surface area (Å²) in [5.41, 5.74) is 1.74. The van der Waals surface area contributed by atoms with Gasteiger partial charge in [0.1, 0.15) is 11.8 Å². The Bertz CT molecular complexity index is 605. The molecular formula is C15H19N3O3. The van der Waals surface area contributed by atoms with Crippen LogP contribution in [-0.4, -0.2) is 47.0 Å². The van der Waals surface area contributed by atoms with Gasteiger partial charge >= 0.3 is 5.97 Å². The molecule has 0 aliphatic rings. The Kier molecular flexibility index (Phi) is 4.59. The molecule has 2 aromatic rings. The third-order valence-corrected chi connectivity index (χ3v) is 3.22. The molecule has 0 aliphatic heterocycles. The van der Waals surface area contributed by atoms with Gasteiger partial charge in [0.25, 0.3) is 0 Å². The van der Waals surface area contributed by atoms with E-state index in [9.17, 15) is 9.90 Å². The average Bonchev–Trinajstić information content (AvgIpc) is 2.87. The van der Waals surface area contributed by atoms with Crippen LogP contribution in [0.15, 0.2) is 36.7 Å². The lowest BCUT2D eigenvalue weighted by atomic mass is 10.1. The van der Waals surface area contributed by atoms with Gasteiger partial charge in [-0.3, -0.25) is 14.4 Å². The van der Waals surface area contributed by atoms with Crippen LogP contribution in [-0.2, 0) is 11.3 Å². The smallest absolute Gasteiger partial charge is 0.325 e. The number of rotatable bonds is 6. The largest absolute Gasteiger partial charge is 0.497 e. The zero-order chi connectivity index (χ0) is 15.4. The first-order chi connectivity index (χ1) is 10.0. The van der Waals surface area contributed by atoms with Gasteiger partial charge in [-0.1, -0.05) is 12.1 Å². The summed E-state index contributed by atoms with van der Waals surface area (Å²) in [6, 6.07) is 7.01. The fourth-order valence-corrected chi connectivity index (χ4v) is 2.19. The van der Waals surface area contributed by atoms with Crippen molar-refractivity contribution in [3.63, 3.8) is 0 Å². The molecule has 1 N–H and O–H groups in total. The summed E-state index contributed by atoms with van der Waals surface area (Å²) in [5, 5.41) is 13.5. The van der Waals surface area contributed by atoms with Gasteiger partial charge in [-0.15, -0.1) is 0 Å². The lowest BCUT2D eigenvalue weighted by Gasteiger charge is -2.18. The number of benzene rings is 1. The van der Waals surface area contributed by atoms with Crippen LogP contribution in [0.2, 0.25) is 0 Å². The summed E-state index contributed by atoms with van der Waals surface area (Å²) in [4.78, 5) is 12.9. The van der Waals surface area contributed by atoms with Crippen LogP contribution in [0.5, 0.6) is 5.75 Å². The molecule has 6 nitrogen and oxygen atoms in total. The minimum atomic E-state index is -0.885. The van der Waals surface area contributed by atoms with Crippen molar-refractivity contribution < 1.29 is 14.6 Å². The van der Waals surface area contributed by atoms with E-state index in [1.807, 2.05) is 24.3 Å². The van der Waals surface area contributed by atoms with Crippen LogP contribution >= 0.6 is 0 Å². The Balaban J connectivity index is 2.13. The number of hydrogen-bond donors (Lipinski definition) is 1. The zero-order valence-electron chi connectivity index (χ0n) is 12.4. The molecule has 0 bridgehead atoms. The van der Waals surface area contributed by atoms with Crippen LogP contribution in [0.25, 0.3) is 0 Å². The number of carboxylic acid groups (broad SMARTS) is 1. The molecule has 6 heteroatoms. The van der Waals surface area contributed by atoms with Gasteiger partial charge in [0.05, 0.1) is 19.9 Å². The number of ether oxygens (including phenoxy) is 1. The Morgan fingerprint density at radius 3 is 2.57 bits per heavy atom. The molecule has 0 saturated carbocycles. The summed E-state index contributed by atoms with van der Waals surface area (Å²) < 4.78 is 6.85. The highest BCUT2D eigenvalue weighted by Crippen LogP contribution is 2.18. The highest BCUT2D eigenvalue weighted by Gasteiger charge is 2.23. The van der Waals surface area contributed by atoms with E-state index in [0.29, 0.717) is 12.1 Å². The highest BCUT2D eigenvalue weighted by atomic mass is 16.5. The van der Waals surface area contributed by atoms with Crippen LogP contribution in [0.4, 0.5) is 0 Å². The summed E-state index contributed by atoms with van der Waals surface area (Å²) in [7, 11) is 5.10. The first-order valence-corrected chi connectivity index (χ1v) is 6.55. The predicted octanol–water partition coefficient (Wildman–Crippen LogP) is 1.63. The maximum atomic E-state index is 11.3. The molecule has 2 rings (SSSR count). The summed E-state index contributed by atoms with van der Waals surface area (Å²) in [5.74, 6) is -0.0811. The molecule has 1 aromatic heterocycles. The van der Waals surface area contributed by atoms with Crippen LogP contribution in [0.3, 0.4) is 0 Å². The third kappa shape index (κ3) is 3.61. The van der Waals surface area contributed by atoms with Crippen LogP contribution in [0, 0.1) is 0 Å². The Hall–Kier alpha value is -2.34. The molecule has 0 amide bonds. The SMILES string of the molecule is COc1ccc(Cn2cc([C@@H](C(=O)O)N(C)C)cn2)cc1. The Morgan fingerprint density at radius 1 is 1.38 bits per heavy atom. The number of carboxylic acids is 1. The second-order valence-corrected chi connectivity index (χ2v) is 5.02. The topological polar surface area (TPSA) is 67.6 Å². The van der Waals surface area contributed by atoms with Gasteiger partial charge in [-0.2, -0.15) is 5.10 Å². The maximum Gasteiger partial charge on any atom is 0.325 e. The Morgan fingerprint density at radius 2 is 2.05 bits per heavy atom. The van der Waals surface area contributed by atoms with Crippen molar-refractivity contribution in [3.8, 4) is 5.75 Å². The van der Waals surface area contributed by atoms with Crippen molar-refractivity contribution in [2.45, 2.75) is 12.6 Å². The molecule has 0 fully saturated rings. The Labute approximate surface area is 123 Å². The van der Waals surface area contributed by atoms with Crippen molar-refractivity contribution >= 4 is 5.97 Å². The van der Waals surface area contributed by atoms with Crippen molar-refractivity contribution in [3.05, 3.63) is 47.8 Å². The second kappa shape index (κ2) is 6.41. The molecule has 21 heavy (non-hydrogen) atoms. The first-order valence-electron chi connectivity index (χ1n) is 6.55. The highest BCUT2D eigenvalue weighted by molar-refractivity contribution is 5.75. The van der Waals surface area contributed by atoms with Crippen molar-refractivity contribution in [2.24, 2.45) is 0 Å². The van der Waals surface area contributed by atoms with E-state index in [1.54, 1.807) is 43.2 Å². The molecule has 0 aliphatic carbocycles. The molecule has 1 atom stereocenters. The number of methoxy groups -OCH3 is 1. The number of aliphatic carboxylic acids is 1. The van der Waals surface area contributed by atoms with Gasteiger partial charge in [0, 0.05) is 11.8 Å². The lowest BCUT2D eigenvalue weighted by molar-refractivity contribution is -0.142. The molecule has 0 unspecified atom stereocenters. The standard InChI is InChI=1S/C15H19N3O3/c1-17(2)14(15(19)20)12-8-16-18(10-12)9-11-4-6-13(21-3)7-5-11/h4-8,10,14H,9H2,1-3H3,(H,19,20)/t14-/m0/s1. The van der Waals surface area contributed by atoms with E-state index in [-0.39, 0.29) is 0 Å². The fraction of sp³-hybridized carbons (Fsp3) is 0.333. The monoisotopic (exact) mass is 289 g/mol. The molecule has 0 radical (unpaired) electrons. The fourth-order valence-electron chi connectivity index (χ4n) is 2.19. The molecule has 0 spiro atoms. The zero-order valence-corrected chi connectivity index (χ0v) is 12.4. The van der Waals surface area contributed by atoms with Gasteiger partial charge in [-0.05, 0) is 31.8 Å². The summed E-state index contributed by atoms with van der Waals surface area (Å²) in [6.07, 6.45) is 3.37. The van der Waals surface area contributed by atoms with Crippen molar-refractivity contribution in [2.75, 3.05) is 21.2 Å². The van der Waals surface area contributed by atoms with E-state index in [4.69, 9.17) is 4.74 Å². The molecule has 1 aromatic carbocycles. The normalized spacial score (nSPS) is 12.4. The number of carbonyl (C=O) groups is 1. The predicted molar refractivity (Wildman–Crippen MR) is 78.4 cm³/mol. The summed E-state index contributed by atoms with van der Waals surface area (Å²) >= 11 is 0. The molecule has 1 heterocycles. The van der Waals surface area contributed by atoms with Gasteiger partial charge in [0.2, 0.25) is 0 Å². The average molecular weight is 289 g/mol. The quantitative estimate of drug-likeness (QED) is 0.875. The van der Waals surface area contributed by atoms with Gasteiger partial charge in [-0.25, -0.2) is 0 Å². The van der Waals surface area contributed by atoms with E-state index in [1.165, 1.54) is 0 Å². The maximum absolute atomic E-state index is 11.3. The number of nitrogens with zero attached hydrogens (tertiary/aromatic N) is 3. The van der Waals surface area contributed by atoms with Gasteiger partial charge < -0.3 is 9.84 Å². The third-order valence-electron chi connectivity index (χ3n) is 3.22. The van der Waals surface area contributed by atoms with Gasteiger partial charge in [0.15, 0.2) is 0 Å². The van der Waals surface area contributed by atoms with E-state index in [0.717, 1.165) is 11.3 Å². The minimum Gasteiger partial charge on any atom is -0.497 e. The number of aromatic nitrogens is 2. The minimum absolute atomic E-state index is 0.587. The second-order valence-electron chi connectivity index (χ2n) is 5.02. The van der Waals surface area contributed by atoms with Crippen LogP contribution < -0.4 is 4.74 Å². The number of likely N-dealkylation sites (N-methyl/N-ethyl adjacent to an activating group) is 1. The molecular weight excluding hydrogens is 270 g/mol. The van der Waals surface area contributed by atoms with E-state index in [2.05, 4.69) is 5.10 Å². The lowest BCUT2D eigenvalue weighted by Crippen LogP contribution is -2.27. The van der Waals surface area contributed by atoms with E-state index >= 15 is 0 Å². The summed E-state index contributed by atoms with van der Waals surface area (Å²) in [6.45, 7) is 0.587.